The highest BCUT2D eigenvalue weighted by molar-refractivity contribution is 5.73. The second kappa shape index (κ2) is 6.30. The fourth-order valence-electron chi connectivity index (χ4n) is 0.633. The van der Waals surface area contributed by atoms with Crippen molar-refractivity contribution in [1.82, 2.24) is 0 Å². The Labute approximate surface area is 80.4 Å². The van der Waals surface area contributed by atoms with Gasteiger partial charge in [-0.25, -0.2) is 0 Å². The van der Waals surface area contributed by atoms with Gasteiger partial charge in [-0.1, -0.05) is 0 Å². The van der Waals surface area contributed by atoms with Crippen LogP contribution in [-0.2, 0) is 19.1 Å². The summed E-state index contributed by atoms with van der Waals surface area (Å²) in [5.41, 5.74) is 5.16. The summed E-state index contributed by atoms with van der Waals surface area (Å²) in [6.07, 6.45) is -1.09. The van der Waals surface area contributed by atoms with Crippen molar-refractivity contribution in [3.63, 3.8) is 0 Å². The molecular weight excluding hydrogens is 194 g/mol. The molecule has 4 N–H and O–H groups in total. The third-order valence-corrected chi connectivity index (χ3v) is 1.41. The predicted molar refractivity (Wildman–Crippen MR) is 44.2 cm³/mol. The van der Waals surface area contributed by atoms with Gasteiger partial charge in [0.1, 0.15) is 12.1 Å². The predicted octanol–water partition coefficient (Wildman–Crippen LogP) is -1.70. The number of aliphatic hydroxyl groups excluding tert-OH is 1. The molecule has 0 bridgehead atoms. The molecule has 7 nitrogen and oxygen atoms in total. The molecule has 0 radical (unpaired) electrons. The van der Waals surface area contributed by atoms with E-state index in [2.05, 4.69) is 4.74 Å². The lowest BCUT2D eigenvalue weighted by atomic mass is 10.2. The highest BCUT2D eigenvalue weighted by Gasteiger charge is 2.24. The van der Waals surface area contributed by atoms with Gasteiger partial charge in [-0.05, 0) is 0 Å². The molecule has 0 rings (SSSR count). The van der Waals surface area contributed by atoms with Crippen LogP contribution in [0.25, 0.3) is 0 Å². The summed E-state index contributed by atoms with van der Waals surface area (Å²) in [5, 5.41) is 17.2. The number of aliphatic hydroxyl groups is 1. The Morgan fingerprint density at radius 2 is 2.07 bits per heavy atom. The Morgan fingerprint density at radius 3 is 2.43 bits per heavy atom. The lowest BCUT2D eigenvalue weighted by Crippen LogP contribution is -2.45. The van der Waals surface area contributed by atoms with E-state index in [1.165, 1.54) is 6.92 Å². The van der Waals surface area contributed by atoms with Crippen LogP contribution in [0, 0.1) is 0 Å². The maximum absolute atomic E-state index is 10.4. The Balaban J connectivity index is 3.90. The zero-order chi connectivity index (χ0) is 11.1. The van der Waals surface area contributed by atoms with Crippen molar-refractivity contribution in [2.45, 2.75) is 19.1 Å². The molecule has 0 heterocycles. The number of carboxylic acids is 1. The molecule has 0 spiro atoms. The molecule has 0 aliphatic heterocycles. The maximum atomic E-state index is 10.4. The van der Waals surface area contributed by atoms with Crippen molar-refractivity contribution in [3.05, 3.63) is 0 Å². The summed E-state index contributed by atoms with van der Waals surface area (Å²) in [5.74, 6) is -1.86. The molecule has 2 atom stereocenters. The van der Waals surface area contributed by atoms with Crippen LogP contribution in [0.4, 0.5) is 0 Å². The second-order valence-electron chi connectivity index (χ2n) is 2.51. The monoisotopic (exact) mass is 207 g/mol. The topological polar surface area (TPSA) is 119 Å². The van der Waals surface area contributed by atoms with E-state index >= 15 is 0 Å². The molecule has 7 heteroatoms. The van der Waals surface area contributed by atoms with Crippen LogP contribution in [-0.4, -0.2) is 47.7 Å². The molecule has 0 saturated heterocycles. The van der Waals surface area contributed by atoms with Crippen molar-refractivity contribution in [2.75, 3.05) is 13.4 Å². The van der Waals surface area contributed by atoms with E-state index in [1.54, 1.807) is 0 Å². The molecule has 0 aliphatic carbocycles. The van der Waals surface area contributed by atoms with E-state index in [9.17, 15) is 9.59 Å². The number of carboxylic acid groups (broad SMARTS) is 1. The molecule has 0 amide bonds. The third-order valence-electron chi connectivity index (χ3n) is 1.41. The van der Waals surface area contributed by atoms with E-state index in [1.807, 2.05) is 0 Å². The average Bonchev–Trinajstić information content (AvgIpc) is 2.10. The second-order valence-corrected chi connectivity index (χ2v) is 2.51. The van der Waals surface area contributed by atoms with Gasteiger partial charge in [0.2, 0.25) is 0 Å². The number of carbonyl (C=O) groups is 2. The van der Waals surface area contributed by atoms with Gasteiger partial charge in [-0.3, -0.25) is 9.59 Å². The lowest BCUT2D eigenvalue weighted by Gasteiger charge is -2.18. The fourth-order valence-corrected chi connectivity index (χ4v) is 0.633. The number of carbonyl (C=O) groups excluding carboxylic acids is 1. The molecule has 0 aromatic heterocycles. The molecule has 82 valence electrons. The standard InChI is InChI=1S/C7H13NO6/c1-4(10)13-3-14-5(2-9)6(8)7(11)12/h5-6,9H,2-3,8H2,1H3,(H,11,12). The summed E-state index contributed by atoms with van der Waals surface area (Å²) >= 11 is 0. The third kappa shape index (κ3) is 4.75. The number of aliphatic carboxylic acids is 1. The summed E-state index contributed by atoms with van der Waals surface area (Å²) < 4.78 is 9.11. The van der Waals surface area contributed by atoms with Crippen LogP contribution in [0.2, 0.25) is 0 Å². The summed E-state index contributed by atoms with van der Waals surface area (Å²) in [7, 11) is 0. The summed E-state index contributed by atoms with van der Waals surface area (Å²) in [6, 6.07) is -1.35. The van der Waals surface area contributed by atoms with Crippen LogP contribution < -0.4 is 5.73 Å². The lowest BCUT2D eigenvalue weighted by molar-refractivity contribution is -0.164. The number of ether oxygens (including phenoxy) is 2. The molecule has 0 aromatic carbocycles. The molecule has 0 saturated carbocycles. The first-order valence-electron chi connectivity index (χ1n) is 3.83. The highest BCUT2D eigenvalue weighted by Crippen LogP contribution is 1.97. The molecule has 0 aliphatic rings. The number of hydrogen-bond acceptors (Lipinski definition) is 6. The Morgan fingerprint density at radius 1 is 1.50 bits per heavy atom. The van der Waals surface area contributed by atoms with Crippen LogP contribution in [0.5, 0.6) is 0 Å². The van der Waals surface area contributed by atoms with E-state index < -0.39 is 37.5 Å². The van der Waals surface area contributed by atoms with Gasteiger partial charge in [0.15, 0.2) is 6.79 Å². The van der Waals surface area contributed by atoms with Crippen LogP contribution >= 0.6 is 0 Å². The van der Waals surface area contributed by atoms with E-state index in [4.69, 9.17) is 20.7 Å². The number of esters is 1. The summed E-state index contributed by atoms with van der Waals surface area (Å²) in [6.45, 7) is 0.185. The maximum Gasteiger partial charge on any atom is 0.323 e. The van der Waals surface area contributed by atoms with Crippen molar-refractivity contribution in [2.24, 2.45) is 5.73 Å². The Hall–Kier alpha value is -1.18. The fraction of sp³-hybridized carbons (Fsp3) is 0.714. The minimum atomic E-state index is -1.35. The number of hydrogen-bond donors (Lipinski definition) is 3. The van der Waals surface area contributed by atoms with Crippen LogP contribution in [0.1, 0.15) is 6.92 Å². The molecule has 2 unspecified atom stereocenters. The van der Waals surface area contributed by atoms with E-state index in [-0.39, 0.29) is 0 Å². The van der Waals surface area contributed by atoms with Crippen LogP contribution in [0.15, 0.2) is 0 Å². The first-order chi connectivity index (χ1) is 6.49. The van der Waals surface area contributed by atoms with Crippen molar-refractivity contribution in [3.8, 4) is 0 Å². The smallest absolute Gasteiger partial charge is 0.323 e. The number of nitrogens with two attached hydrogens (primary N) is 1. The minimum absolute atomic E-state index is 0.429. The minimum Gasteiger partial charge on any atom is -0.480 e. The van der Waals surface area contributed by atoms with E-state index in [0.29, 0.717) is 0 Å². The first kappa shape index (κ1) is 12.8. The molecule has 0 aromatic rings. The zero-order valence-corrected chi connectivity index (χ0v) is 7.67. The highest BCUT2D eigenvalue weighted by atomic mass is 16.7. The SMILES string of the molecule is CC(=O)OCOC(CO)C(N)C(=O)O. The Kier molecular flexibility index (Phi) is 5.77. The quantitative estimate of drug-likeness (QED) is 0.350. The zero-order valence-electron chi connectivity index (χ0n) is 7.67. The van der Waals surface area contributed by atoms with E-state index in [0.717, 1.165) is 0 Å². The van der Waals surface area contributed by atoms with Gasteiger partial charge in [-0.15, -0.1) is 0 Å². The largest absolute Gasteiger partial charge is 0.480 e. The molecule has 0 fully saturated rings. The first-order valence-corrected chi connectivity index (χ1v) is 3.83. The van der Waals surface area contributed by atoms with Gasteiger partial charge in [0.25, 0.3) is 0 Å². The average molecular weight is 207 g/mol. The van der Waals surface area contributed by atoms with Gasteiger partial charge < -0.3 is 25.4 Å². The van der Waals surface area contributed by atoms with Crippen molar-refractivity contribution < 1.29 is 29.3 Å². The van der Waals surface area contributed by atoms with Gasteiger partial charge in [0.05, 0.1) is 6.61 Å². The van der Waals surface area contributed by atoms with Gasteiger partial charge >= 0.3 is 11.9 Å². The molecular formula is C7H13NO6. The number of rotatable bonds is 6. The van der Waals surface area contributed by atoms with Crippen molar-refractivity contribution >= 4 is 11.9 Å². The summed E-state index contributed by atoms with van der Waals surface area (Å²) in [4.78, 5) is 20.7. The Bertz CT molecular complexity index is 206. The van der Waals surface area contributed by atoms with Gasteiger partial charge in [0, 0.05) is 6.92 Å². The van der Waals surface area contributed by atoms with Gasteiger partial charge in [-0.2, -0.15) is 0 Å². The van der Waals surface area contributed by atoms with Crippen LogP contribution in [0.3, 0.4) is 0 Å². The molecule has 14 heavy (non-hydrogen) atoms. The van der Waals surface area contributed by atoms with Crippen molar-refractivity contribution in [1.29, 1.82) is 0 Å². The normalized spacial score (nSPS) is 14.5.